The first-order valence-electron chi connectivity index (χ1n) is 4.14. The summed E-state index contributed by atoms with van der Waals surface area (Å²) < 4.78 is 10.9. The van der Waals surface area contributed by atoms with Gasteiger partial charge in [0.05, 0.1) is 0 Å². The fraction of sp³-hybridized carbons (Fsp3) is 1.00. The topological polar surface area (TPSA) is 30.5 Å². The first-order chi connectivity index (χ1) is 5.33. The Morgan fingerprint density at radius 1 is 1.18 bits per heavy atom. The van der Waals surface area contributed by atoms with E-state index in [0.29, 0.717) is 11.8 Å². The molecule has 3 heteroatoms. The summed E-state index contributed by atoms with van der Waals surface area (Å²) in [6, 6.07) is 0. The molecule has 0 aromatic rings. The SMILES string of the molecule is COC1(OC)[C@H]2CNC[C@H]1C2. The molecule has 2 bridgehead atoms. The molecule has 2 atom stereocenters. The van der Waals surface area contributed by atoms with Crippen LogP contribution in [0.3, 0.4) is 0 Å². The summed E-state index contributed by atoms with van der Waals surface area (Å²) in [6.45, 7) is 2.08. The van der Waals surface area contributed by atoms with Gasteiger partial charge in [0.15, 0.2) is 5.79 Å². The number of rotatable bonds is 2. The van der Waals surface area contributed by atoms with Crippen molar-refractivity contribution in [3.8, 4) is 0 Å². The molecule has 1 saturated carbocycles. The van der Waals surface area contributed by atoms with Crippen LogP contribution in [0, 0.1) is 11.8 Å². The molecule has 0 amide bonds. The summed E-state index contributed by atoms with van der Waals surface area (Å²) in [4.78, 5) is 0. The van der Waals surface area contributed by atoms with Crippen LogP contribution < -0.4 is 5.32 Å². The standard InChI is InChI=1S/C8H15NO2/c1-10-8(11-2)6-3-7(8)5-9-4-6/h6-7,9H,3-5H2,1-2H3/t6-,7-/m1/s1. The van der Waals surface area contributed by atoms with E-state index in [1.54, 1.807) is 14.2 Å². The van der Waals surface area contributed by atoms with Gasteiger partial charge in [-0.3, -0.25) is 0 Å². The summed E-state index contributed by atoms with van der Waals surface area (Å²) in [5, 5.41) is 3.35. The van der Waals surface area contributed by atoms with Crippen molar-refractivity contribution in [3.63, 3.8) is 0 Å². The quantitative estimate of drug-likeness (QED) is 0.581. The fourth-order valence-electron chi connectivity index (χ4n) is 2.48. The number of ether oxygens (including phenoxy) is 2. The van der Waals surface area contributed by atoms with Gasteiger partial charge >= 0.3 is 0 Å². The molecule has 2 aliphatic heterocycles. The first kappa shape index (κ1) is 7.53. The molecule has 1 N–H and O–H groups in total. The van der Waals surface area contributed by atoms with Crippen LogP contribution in [-0.4, -0.2) is 33.1 Å². The number of nitrogens with one attached hydrogen (secondary N) is 1. The second-order valence-electron chi connectivity index (χ2n) is 3.42. The van der Waals surface area contributed by atoms with Crippen LogP contribution in [0.1, 0.15) is 6.42 Å². The van der Waals surface area contributed by atoms with Gasteiger partial charge in [-0.1, -0.05) is 0 Å². The molecule has 0 aromatic carbocycles. The van der Waals surface area contributed by atoms with Crippen molar-refractivity contribution in [2.75, 3.05) is 27.3 Å². The minimum absolute atomic E-state index is 0.245. The third-order valence-electron chi connectivity index (χ3n) is 3.13. The van der Waals surface area contributed by atoms with Crippen LogP contribution >= 0.6 is 0 Å². The van der Waals surface area contributed by atoms with Crippen molar-refractivity contribution >= 4 is 0 Å². The predicted molar refractivity (Wildman–Crippen MR) is 41.2 cm³/mol. The third-order valence-corrected chi connectivity index (χ3v) is 3.13. The molecule has 3 rings (SSSR count). The van der Waals surface area contributed by atoms with E-state index in [9.17, 15) is 0 Å². The van der Waals surface area contributed by atoms with Crippen LogP contribution in [0.25, 0.3) is 0 Å². The van der Waals surface area contributed by atoms with E-state index in [1.165, 1.54) is 6.42 Å². The van der Waals surface area contributed by atoms with E-state index in [2.05, 4.69) is 5.32 Å². The van der Waals surface area contributed by atoms with E-state index in [-0.39, 0.29) is 5.79 Å². The average molecular weight is 157 g/mol. The lowest BCUT2D eigenvalue weighted by molar-refractivity contribution is -0.331. The van der Waals surface area contributed by atoms with Gasteiger partial charge in [0.2, 0.25) is 0 Å². The molecule has 2 saturated heterocycles. The second kappa shape index (κ2) is 2.44. The zero-order valence-electron chi connectivity index (χ0n) is 7.09. The van der Waals surface area contributed by atoms with Gasteiger partial charge in [-0.2, -0.15) is 0 Å². The average Bonchev–Trinajstić information content (AvgIpc) is 2.08. The highest BCUT2D eigenvalue weighted by atomic mass is 16.7. The van der Waals surface area contributed by atoms with Crippen LogP contribution in [0.2, 0.25) is 0 Å². The van der Waals surface area contributed by atoms with Crippen molar-refractivity contribution in [1.82, 2.24) is 5.32 Å². The molecule has 0 radical (unpaired) electrons. The Morgan fingerprint density at radius 3 is 2.00 bits per heavy atom. The van der Waals surface area contributed by atoms with Gasteiger partial charge in [-0.05, 0) is 6.42 Å². The smallest absolute Gasteiger partial charge is 0.175 e. The Kier molecular flexibility index (Phi) is 1.67. The number of hydrogen-bond donors (Lipinski definition) is 1. The zero-order valence-corrected chi connectivity index (χ0v) is 7.09. The lowest BCUT2D eigenvalue weighted by Gasteiger charge is -2.57. The van der Waals surface area contributed by atoms with Crippen molar-refractivity contribution in [1.29, 1.82) is 0 Å². The van der Waals surface area contributed by atoms with Gasteiger partial charge in [0.25, 0.3) is 0 Å². The molecule has 0 aromatic heterocycles. The minimum Gasteiger partial charge on any atom is -0.353 e. The van der Waals surface area contributed by atoms with Gasteiger partial charge in [0.1, 0.15) is 0 Å². The molecule has 11 heavy (non-hydrogen) atoms. The lowest BCUT2D eigenvalue weighted by Crippen LogP contribution is -2.67. The van der Waals surface area contributed by atoms with E-state index in [0.717, 1.165) is 13.1 Å². The zero-order chi connectivity index (χ0) is 7.90. The van der Waals surface area contributed by atoms with Crippen LogP contribution in [0.15, 0.2) is 0 Å². The maximum atomic E-state index is 5.43. The van der Waals surface area contributed by atoms with Crippen molar-refractivity contribution in [2.45, 2.75) is 12.2 Å². The summed E-state index contributed by atoms with van der Waals surface area (Å²) in [7, 11) is 3.49. The van der Waals surface area contributed by atoms with E-state index in [1.807, 2.05) is 0 Å². The predicted octanol–water partition coefficient (Wildman–Crippen LogP) is 0.215. The van der Waals surface area contributed by atoms with Gasteiger partial charge in [-0.25, -0.2) is 0 Å². The first-order valence-corrected chi connectivity index (χ1v) is 4.14. The Hall–Kier alpha value is -0.120. The number of hydrogen-bond acceptors (Lipinski definition) is 3. The van der Waals surface area contributed by atoms with Gasteiger partial charge < -0.3 is 14.8 Å². The molecular weight excluding hydrogens is 142 g/mol. The molecule has 2 heterocycles. The summed E-state index contributed by atoms with van der Waals surface area (Å²) >= 11 is 0. The normalized spacial score (nSPS) is 39.8. The highest BCUT2D eigenvalue weighted by Gasteiger charge is 2.58. The van der Waals surface area contributed by atoms with Gasteiger partial charge in [0, 0.05) is 39.1 Å². The fourth-order valence-corrected chi connectivity index (χ4v) is 2.48. The minimum atomic E-state index is -0.245. The van der Waals surface area contributed by atoms with E-state index in [4.69, 9.17) is 9.47 Å². The summed E-state index contributed by atoms with van der Waals surface area (Å²) in [5.41, 5.74) is 0. The molecule has 3 aliphatic rings. The molecule has 3 fully saturated rings. The highest BCUT2D eigenvalue weighted by Crippen LogP contribution is 2.48. The Bertz CT molecular complexity index is 140. The number of piperidine rings is 2. The van der Waals surface area contributed by atoms with Crippen LogP contribution in [0.4, 0.5) is 0 Å². The Balaban J connectivity index is 2.12. The van der Waals surface area contributed by atoms with Crippen molar-refractivity contribution in [3.05, 3.63) is 0 Å². The van der Waals surface area contributed by atoms with E-state index < -0.39 is 0 Å². The maximum absolute atomic E-state index is 5.43. The molecule has 64 valence electrons. The lowest BCUT2D eigenvalue weighted by atomic mass is 9.65. The second-order valence-corrected chi connectivity index (χ2v) is 3.42. The Labute approximate surface area is 67.1 Å². The maximum Gasteiger partial charge on any atom is 0.175 e. The highest BCUT2D eigenvalue weighted by molar-refractivity contribution is 5.03. The largest absolute Gasteiger partial charge is 0.353 e. The summed E-state index contributed by atoms with van der Waals surface area (Å²) in [6.07, 6.45) is 1.26. The van der Waals surface area contributed by atoms with Crippen LogP contribution in [0.5, 0.6) is 0 Å². The monoisotopic (exact) mass is 157 g/mol. The Morgan fingerprint density at radius 2 is 1.73 bits per heavy atom. The van der Waals surface area contributed by atoms with E-state index >= 15 is 0 Å². The number of methoxy groups -OCH3 is 2. The molecule has 0 unspecified atom stereocenters. The molecule has 1 aliphatic carbocycles. The van der Waals surface area contributed by atoms with Crippen LogP contribution in [-0.2, 0) is 9.47 Å². The molecular formula is C8H15NO2. The van der Waals surface area contributed by atoms with Crippen molar-refractivity contribution in [2.24, 2.45) is 11.8 Å². The third kappa shape index (κ3) is 0.789. The number of fused-ring (bicyclic) bond motifs is 2. The summed E-state index contributed by atoms with van der Waals surface area (Å²) in [5.74, 6) is 0.887. The van der Waals surface area contributed by atoms with Crippen molar-refractivity contribution < 1.29 is 9.47 Å². The molecule has 0 spiro atoms. The van der Waals surface area contributed by atoms with Gasteiger partial charge in [-0.15, -0.1) is 0 Å². The molecule has 3 nitrogen and oxygen atoms in total.